The molecule has 0 unspecified atom stereocenters. The number of ether oxygens (including phenoxy) is 9. The summed E-state index contributed by atoms with van der Waals surface area (Å²) in [5.41, 5.74) is 9.87. The van der Waals surface area contributed by atoms with Crippen molar-refractivity contribution in [3.8, 4) is 11.1 Å². The van der Waals surface area contributed by atoms with Crippen molar-refractivity contribution in [1.82, 2.24) is 44.8 Å². The lowest BCUT2D eigenvalue weighted by Crippen LogP contribution is -2.43. The van der Waals surface area contributed by atoms with E-state index in [1.54, 1.807) is 72.8 Å². The molecule has 132 heavy (non-hydrogen) atoms. The number of carbonyl (C=O) groups is 3. The molecule has 718 valence electrons. The van der Waals surface area contributed by atoms with Crippen LogP contribution in [0.2, 0.25) is 35.2 Å². The van der Waals surface area contributed by atoms with Crippen LogP contribution in [0.3, 0.4) is 0 Å². The zero-order valence-electron chi connectivity index (χ0n) is 74.3. The summed E-state index contributed by atoms with van der Waals surface area (Å²) in [6.07, 6.45) is 0.691. The second kappa shape index (κ2) is 53.3. The lowest BCUT2D eigenvalue weighted by Gasteiger charge is -2.36. The van der Waals surface area contributed by atoms with E-state index in [9.17, 15) is 39.6 Å². The number of amides is 3. The molecule has 38 heteroatoms. The average molecular weight is 2020 g/mol. The molecule has 11 rings (SSSR count). The maximum atomic E-state index is 13.8. The third kappa shape index (κ3) is 33.3. The standard InChI is InChI=1S/C94H117Cl7N10O18S3/c1-109-60-82(79-54-72(96)57-88(99)85(79)63-109)68-7-4-10-76(51-68)130(115,116)105-30-36-124-42-48-127-45-39-121-33-27-102-91(112)21-24-94(108-75-19-15-67(16-20-75)66-13-17-71(95)18-14-66,25-22-92(113)103-28-34-122-40-46-128-49-43-125-37-31-106-131(117,118)77-11-5-8-69(52-77)83-61-110(2)64-86-80(83)55-73(97)58-89(86)100)26-23-93(114)104-29-35-123-41-47-129-50-44-126-38-32-107-132(119,120)78-12-6-9-70(53-78)84-62-111(3)65-87-81(84)56-74(98)59-90(87)101/h4-20,51-59,82-84,105-108H,21-50,60-65H2,1-3H3,(H,102,112)(H,103,113)(H,104,114)/t82-,83-,84-/m0/s1. The monoisotopic (exact) mass is 2010 g/mol. The van der Waals surface area contributed by atoms with Crippen molar-refractivity contribution in [1.29, 1.82) is 0 Å². The summed E-state index contributed by atoms with van der Waals surface area (Å²) in [6.45, 7) is 8.19. The first-order valence-electron chi connectivity index (χ1n) is 43.9. The Morgan fingerprint density at radius 2 is 0.598 bits per heavy atom. The molecule has 0 aliphatic carbocycles. The van der Waals surface area contributed by atoms with Crippen molar-refractivity contribution in [2.24, 2.45) is 0 Å². The van der Waals surface area contributed by atoms with Gasteiger partial charge in [0.25, 0.3) is 0 Å². The predicted octanol–water partition coefficient (Wildman–Crippen LogP) is 13.6. The van der Waals surface area contributed by atoms with Gasteiger partial charge in [-0.25, -0.2) is 39.4 Å². The number of fused-ring (bicyclic) bond motifs is 3. The van der Waals surface area contributed by atoms with E-state index in [2.05, 4.69) is 50.1 Å². The minimum Gasteiger partial charge on any atom is -0.380 e. The van der Waals surface area contributed by atoms with Crippen molar-refractivity contribution in [3.05, 3.63) is 243 Å². The quantitative estimate of drug-likeness (QED) is 0.0174. The van der Waals surface area contributed by atoms with Crippen molar-refractivity contribution in [2.45, 2.75) is 96.1 Å². The van der Waals surface area contributed by atoms with E-state index in [0.717, 1.165) is 61.2 Å². The number of nitrogens with zero attached hydrogens (tertiary/aromatic N) is 3. The molecule has 0 saturated heterocycles. The van der Waals surface area contributed by atoms with Gasteiger partial charge in [-0.2, -0.15) is 0 Å². The fourth-order valence-electron chi connectivity index (χ4n) is 16.1. The molecule has 0 radical (unpaired) electrons. The predicted molar refractivity (Wildman–Crippen MR) is 516 cm³/mol. The summed E-state index contributed by atoms with van der Waals surface area (Å²) in [5.74, 6) is -1.24. The Morgan fingerprint density at radius 3 is 0.886 bits per heavy atom. The first-order chi connectivity index (χ1) is 63.5. The molecule has 3 heterocycles. The molecule has 0 aromatic heterocycles. The van der Waals surface area contributed by atoms with Gasteiger partial charge in [-0.15, -0.1) is 0 Å². The number of hydrogen-bond donors (Lipinski definition) is 7. The highest BCUT2D eigenvalue weighted by molar-refractivity contribution is 7.90. The Labute approximate surface area is 810 Å². The van der Waals surface area contributed by atoms with Crippen LogP contribution in [-0.2, 0) is 107 Å². The third-order valence-electron chi connectivity index (χ3n) is 22.7. The molecular weight excluding hydrogens is 1900 g/mol. The zero-order valence-corrected chi connectivity index (χ0v) is 82.0. The molecule has 3 amide bonds. The topological polar surface area (TPSA) is 331 Å². The Balaban J connectivity index is 0.602. The van der Waals surface area contributed by atoms with Crippen LogP contribution in [0.25, 0.3) is 11.1 Å². The number of sulfonamides is 3. The SMILES string of the molecule is CN1Cc2c(Cl)cc(Cl)cc2[C@H](c2cccc(S(=O)(=O)NCCOCCOCCOCCNC(=O)CCC(CCC(=O)NCCOCCOCCOCCNS(=O)(=O)c3cccc([C@@H]4CN(C)Cc5c(Cl)cc(Cl)cc54)c3)(CCC(=O)NCCOCCOCCOCCNS(=O)(=O)c3cccc([C@@H]4CN(C)Cc5c(Cl)cc(Cl)cc54)c3)Nc3ccc(-c4ccc(Cl)cc4)cc3)c2)C1. The van der Waals surface area contributed by atoms with Crippen LogP contribution in [0.5, 0.6) is 0 Å². The van der Waals surface area contributed by atoms with Crippen LogP contribution in [0.1, 0.15) is 106 Å². The first-order valence-corrected chi connectivity index (χ1v) is 51.0. The van der Waals surface area contributed by atoms with Crippen LogP contribution in [0.15, 0.2) is 172 Å². The van der Waals surface area contributed by atoms with Gasteiger partial charge in [0.2, 0.25) is 47.8 Å². The van der Waals surface area contributed by atoms with E-state index in [1.165, 1.54) is 0 Å². The average Bonchev–Trinajstić information content (AvgIpc) is 0.775. The lowest BCUT2D eigenvalue weighted by molar-refractivity contribution is -0.121. The highest BCUT2D eigenvalue weighted by Gasteiger charge is 2.35. The molecule has 0 fully saturated rings. The maximum absolute atomic E-state index is 13.8. The number of benzene rings is 8. The summed E-state index contributed by atoms with van der Waals surface area (Å²) in [5, 5.41) is 16.4. The second-order valence-electron chi connectivity index (χ2n) is 32.6. The Kier molecular flexibility index (Phi) is 42.7. The smallest absolute Gasteiger partial charge is 0.240 e. The van der Waals surface area contributed by atoms with Crippen molar-refractivity contribution >= 4 is 135 Å². The molecule has 0 bridgehead atoms. The molecule has 0 saturated carbocycles. The van der Waals surface area contributed by atoms with Gasteiger partial charge in [0.1, 0.15) is 0 Å². The molecule has 3 aliphatic heterocycles. The molecule has 8 aromatic rings. The van der Waals surface area contributed by atoms with Crippen LogP contribution in [0, 0.1) is 0 Å². The Bertz CT molecular complexity index is 5000. The zero-order chi connectivity index (χ0) is 94.1. The largest absolute Gasteiger partial charge is 0.380 e. The van der Waals surface area contributed by atoms with Gasteiger partial charge in [-0.1, -0.05) is 142 Å². The molecule has 8 aromatic carbocycles. The highest BCUT2D eigenvalue weighted by atomic mass is 35.5. The second-order valence-corrected chi connectivity index (χ2v) is 40.8. The molecule has 28 nitrogen and oxygen atoms in total. The molecule has 3 atom stereocenters. The fourth-order valence-corrected chi connectivity index (χ4v) is 21.1. The summed E-state index contributed by atoms with van der Waals surface area (Å²) in [7, 11) is -5.62. The van der Waals surface area contributed by atoms with Gasteiger partial charge >= 0.3 is 0 Å². The van der Waals surface area contributed by atoms with Crippen LogP contribution in [-0.4, -0.2) is 262 Å². The van der Waals surface area contributed by atoms with E-state index in [-0.39, 0.29) is 247 Å². The molecule has 0 spiro atoms. The highest BCUT2D eigenvalue weighted by Crippen LogP contribution is 2.43. The lowest BCUT2D eigenvalue weighted by atomic mass is 9.82. The summed E-state index contributed by atoms with van der Waals surface area (Å²) in [6, 6.07) is 46.7. The van der Waals surface area contributed by atoms with Gasteiger partial charge in [-0.05, 0) is 199 Å². The third-order valence-corrected chi connectivity index (χ3v) is 29.0. The van der Waals surface area contributed by atoms with E-state index in [0.29, 0.717) is 80.1 Å². The number of halogens is 7. The number of hydrogen-bond acceptors (Lipinski definition) is 22. The Hall–Kier alpha value is -6.75. The fraction of sp³-hybridized carbons (Fsp3) is 0.457. The number of likely N-dealkylation sites (N-methyl/N-ethyl adjacent to an activating group) is 3. The van der Waals surface area contributed by atoms with E-state index in [1.807, 2.05) is 106 Å². The van der Waals surface area contributed by atoms with Gasteiger partial charge in [0.15, 0.2) is 0 Å². The number of nitrogens with one attached hydrogen (secondary N) is 7. The summed E-state index contributed by atoms with van der Waals surface area (Å²) < 4.78 is 140. The van der Waals surface area contributed by atoms with Crippen molar-refractivity contribution in [2.75, 3.05) is 204 Å². The van der Waals surface area contributed by atoms with Gasteiger partial charge in [0.05, 0.1) is 134 Å². The maximum Gasteiger partial charge on any atom is 0.240 e. The summed E-state index contributed by atoms with van der Waals surface area (Å²) in [4.78, 5) is 48.3. The summed E-state index contributed by atoms with van der Waals surface area (Å²) >= 11 is 45.2. The van der Waals surface area contributed by atoms with Crippen LogP contribution >= 0.6 is 81.2 Å². The van der Waals surface area contributed by atoms with E-state index < -0.39 is 35.6 Å². The minimum atomic E-state index is -3.87. The van der Waals surface area contributed by atoms with Crippen molar-refractivity contribution in [3.63, 3.8) is 0 Å². The van der Waals surface area contributed by atoms with Gasteiger partial charge in [0, 0.05) is 162 Å². The first kappa shape index (κ1) is 106. The van der Waals surface area contributed by atoms with Crippen LogP contribution < -0.4 is 35.4 Å². The van der Waals surface area contributed by atoms with Crippen LogP contribution in [0.4, 0.5) is 5.69 Å². The molecular formula is C94H117Cl7N10O18S3. The Morgan fingerprint density at radius 1 is 0.333 bits per heavy atom. The molecule has 7 N–H and O–H groups in total. The van der Waals surface area contributed by atoms with Gasteiger partial charge < -0.3 is 78.6 Å². The number of anilines is 1. The number of rotatable bonds is 57. The minimum absolute atomic E-state index is 0.0162. The number of carbonyl (C=O) groups excluding carboxylic acids is 3. The van der Waals surface area contributed by atoms with E-state index in [4.69, 9.17) is 124 Å². The molecule has 3 aliphatic rings. The van der Waals surface area contributed by atoms with E-state index >= 15 is 0 Å². The van der Waals surface area contributed by atoms with Crippen molar-refractivity contribution < 1.29 is 82.3 Å². The van der Waals surface area contributed by atoms with Gasteiger partial charge in [-0.3, -0.25) is 14.4 Å². The normalized spacial score (nSPS) is 15.6.